The van der Waals surface area contributed by atoms with Gasteiger partial charge >= 0.3 is 0 Å². The first-order chi connectivity index (χ1) is 13.8. The Bertz CT molecular complexity index is 870. The third-order valence-corrected chi connectivity index (χ3v) is 4.50. The van der Waals surface area contributed by atoms with Crippen molar-refractivity contribution in [2.45, 2.75) is 38.4 Å². The molecule has 0 spiro atoms. The summed E-state index contributed by atoms with van der Waals surface area (Å²) in [6, 6.07) is 11.7. The minimum absolute atomic E-state index is 0.0248. The van der Waals surface area contributed by atoms with Crippen molar-refractivity contribution >= 4 is 17.6 Å². The molecule has 2 aromatic rings. The minimum atomic E-state index is -0.844. The SMILES string of the molecule is C[C@H](NC(=O)[C@H](N)CCc1ccccc1F)C(=O)NCc1ccc(C(=N)N)cc1. The van der Waals surface area contributed by atoms with Gasteiger partial charge in [-0.1, -0.05) is 42.5 Å². The van der Waals surface area contributed by atoms with E-state index in [0.717, 1.165) is 5.56 Å². The van der Waals surface area contributed by atoms with Gasteiger partial charge < -0.3 is 22.1 Å². The van der Waals surface area contributed by atoms with Gasteiger partial charge in [-0.15, -0.1) is 0 Å². The van der Waals surface area contributed by atoms with E-state index in [0.29, 0.717) is 17.5 Å². The Balaban J connectivity index is 1.77. The number of amidine groups is 1. The van der Waals surface area contributed by atoms with E-state index < -0.39 is 18.0 Å². The third kappa shape index (κ3) is 6.69. The average Bonchev–Trinajstić information content (AvgIpc) is 2.71. The number of amides is 2. The number of nitrogens with two attached hydrogens (primary N) is 2. The van der Waals surface area contributed by atoms with Gasteiger partial charge in [0, 0.05) is 12.1 Å². The highest BCUT2D eigenvalue weighted by atomic mass is 19.1. The van der Waals surface area contributed by atoms with Gasteiger partial charge in [0.25, 0.3) is 0 Å². The van der Waals surface area contributed by atoms with Crippen LogP contribution >= 0.6 is 0 Å². The van der Waals surface area contributed by atoms with E-state index in [2.05, 4.69) is 10.6 Å². The van der Waals surface area contributed by atoms with Crippen molar-refractivity contribution in [1.82, 2.24) is 10.6 Å². The predicted molar refractivity (Wildman–Crippen MR) is 110 cm³/mol. The maximum atomic E-state index is 13.6. The van der Waals surface area contributed by atoms with E-state index in [9.17, 15) is 14.0 Å². The first-order valence-electron chi connectivity index (χ1n) is 9.28. The quantitative estimate of drug-likeness (QED) is 0.320. The Morgan fingerprint density at radius 2 is 1.76 bits per heavy atom. The summed E-state index contributed by atoms with van der Waals surface area (Å²) in [5.41, 5.74) is 13.2. The Labute approximate surface area is 169 Å². The Hall–Kier alpha value is -3.26. The molecule has 0 heterocycles. The molecule has 0 bridgehead atoms. The zero-order chi connectivity index (χ0) is 21.4. The molecule has 7 N–H and O–H groups in total. The number of carbonyl (C=O) groups is 2. The van der Waals surface area contributed by atoms with Crippen LogP contribution in [0.5, 0.6) is 0 Å². The van der Waals surface area contributed by atoms with E-state index in [1.54, 1.807) is 49.4 Å². The van der Waals surface area contributed by atoms with Crippen molar-refractivity contribution in [2.24, 2.45) is 11.5 Å². The molecule has 0 fully saturated rings. The van der Waals surface area contributed by atoms with Gasteiger partial charge in [0.05, 0.1) is 6.04 Å². The van der Waals surface area contributed by atoms with Gasteiger partial charge in [0.2, 0.25) is 11.8 Å². The van der Waals surface area contributed by atoms with Crippen LogP contribution in [0.4, 0.5) is 4.39 Å². The fourth-order valence-corrected chi connectivity index (χ4v) is 2.67. The zero-order valence-corrected chi connectivity index (χ0v) is 16.2. The van der Waals surface area contributed by atoms with Crippen molar-refractivity contribution < 1.29 is 14.0 Å². The van der Waals surface area contributed by atoms with Gasteiger partial charge in [-0.3, -0.25) is 15.0 Å². The lowest BCUT2D eigenvalue weighted by Gasteiger charge is -2.17. The van der Waals surface area contributed by atoms with Gasteiger partial charge in [-0.25, -0.2) is 4.39 Å². The van der Waals surface area contributed by atoms with Gasteiger partial charge in [0.1, 0.15) is 17.7 Å². The highest BCUT2D eigenvalue weighted by Crippen LogP contribution is 2.10. The molecule has 8 heteroatoms. The Kier molecular flexibility index (Phi) is 7.85. The van der Waals surface area contributed by atoms with Crippen molar-refractivity contribution in [1.29, 1.82) is 5.41 Å². The number of hydrogen-bond donors (Lipinski definition) is 5. The van der Waals surface area contributed by atoms with Crippen molar-refractivity contribution in [2.75, 3.05) is 0 Å². The van der Waals surface area contributed by atoms with Crippen molar-refractivity contribution in [3.05, 3.63) is 71.0 Å². The lowest BCUT2D eigenvalue weighted by molar-refractivity contribution is -0.129. The topological polar surface area (TPSA) is 134 Å². The molecule has 0 saturated carbocycles. The predicted octanol–water partition coefficient (Wildman–Crippen LogP) is 1.19. The molecule has 0 unspecified atom stereocenters. The molecule has 2 aromatic carbocycles. The summed E-state index contributed by atoms with van der Waals surface area (Å²) in [5.74, 6) is -1.17. The molecule has 154 valence electrons. The molecule has 2 amide bonds. The maximum absolute atomic E-state index is 13.6. The van der Waals surface area contributed by atoms with Crippen LogP contribution in [-0.4, -0.2) is 29.7 Å². The van der Waals surface area contributed by atoms with Crippen LogP contribution in [0.1, 0.15) is 30.0 Å². The minimum Gasteiger partial charge on any atom is -0.384 e. The number of rotatable bonds is 9. The van der Waals surface area contributed by atoms with E-state index in [4.69, 9.17) is 16.9 Å². The molecule has 0 radical (unpaired) electrons. The zero-order valence-electron chi connectivity index (χ0n) is 16.2. The molecule has 7 nitrogen and oxygen atoms in total. The fraction of sp³-hybridized carbons (Fsp3) is 0.286. The van der Waals surface area contributed by atoms with Crippen LogP contribution in [0.15, 0.2) is 48.5 Å². The second-order valence-electron chi connectivity index (χ2n) is 6.80. The molecule has 0 aliphatic rings. The summed E-state index contributed by atoms with van der Waals surface area (Å²) in [6.45, 7) is 1.84. The molecule has 0 aromatic heterocycles. The number of halogens is 1. The van der Waals surface area contributed by atoms with Crippen LogP contribution in [-0.2, 0) is 22.6 Å². The maximum Gasteiger partial charge on any atom is 0.242 e. The first-order valence-corrected chi connectivity index (χ1v) is 9.28. The first kappa shape index (κ1) is 22.0. The largest absolute Gasteiger partial charge is 0.384 e. The van der Waals surface area contributed by atoms with Crippen molar-refractivity contribution in [3.63, 3.8) is 0 Å². The van der Waals surface area contributed by atoms with E-state index in [-0.39, 0.29) is 30.5 Å². The summed E-state index contributed by atoms with van der Waals surface area (Å²) in [6.07, 6.45) is 0.599. The third-order valence-electron chi connectivity index (χ3n) is 4.50. The monoisotopic (exact) mass is 399 g/mol. The van der Waals surface area contributed by atoms with Gasteiger partial charge in [-0.2, -0.15) is 0 Å². The second-order valence-corrected chi connectivity index (χ2v) is 6.80. The number of aryl methyl sites for hydroxylation is 1. The summed E-state index contributed by atoms with van der Waals surface area (Å²) in [5, 5.41) is 12.7. The van der Waals surface area contributed by atoms with E-state index >= 15 is 0 Å². The van der Waals surface area contributed by atoms with Gasteiger partial charge in [0.15, 0.2) is 0 Å². The molecule has 2 atom stereocenters. The molecular formula is C21H26FN5O2. The molecule has 0 aliphatic carbocycles. The highest BCUT2D eigenvalue weighted by Gasteiger charge is 2.20. The highest BCUT2D eigenvalue weighted by molar-refractivity contribution is 5.94. The van der Waals surface area contributed by atoms with Crippen LogP contribution in [0.2, 0.25) is 0 Å². The number of carbonyl (C=O) groups excluding carboxylic acids is 2. The fourth-order valence-electron chi connectivity index (χ4n) is 2.67. The number of nitrogens with one attached hydrogen (secondary N) is 3. The van der Waals surface area contributed by atoms with Crippen LogP contribution in [0.3, 0.4) is 0 Å². The van der Waals surface area contributed by atoms with E-state index in [1.165, 1.54) is 6.07 Å². The van der Waals surface area contributed by atoms with Crippen molar-refractivity contribution in [3.8, 4) is 0 Å². The Morgan fingerprint density at radius 3 is 2.38 bits per heavy atom. The number of hydrogen-bond acceptors (Lipinski definition) is 4. The molecule has 0 aliphatic heterocycles. The smallest absolute Gasteiger partial charge is 0.242 e. The summed E-state index contributed by atoms with van der Waals surface area (Å²) >= 11 is 0. The van der Waals surface area contributed by atoms with E-state index in [1.807, 2.05) is 0 Å². The number of benzene rings is 2. The van der Waals surface area contributed by atoms with Crippen LogP contribution in [0, 0.1) is 11.2 Å². The normalized spacial score (nSPS) is 12.7. The van der Waals surface area contributed by atoms with Crippen LogP contribution in [0.25, 0.3) is 0 Å². The van der Waals surface area contributed by atoms with Crippen LogP contribution < -0.4 is 22.1 Å². The van der Waals surface area contributed by atoms with Gasteiger partial charge in [-0.05, 0) is 37.0 Å². The lowest BCUT2D eigenvalue weighted by atomic mass is 10.0. The lowest BCUT2D eigenvalue weighted by Crippen LogP contribution is -2.50. The average molecular weight is 399 g/mol. The standard InChI is InChI=1S/C21H26FN5O2/c1-13(20(28)26-12-14-6-8-16(9-7-14)19(24)25)27-21(29)18(23)11-10-15-4-2-3-5-17(15)22/h2-9,13,18H,10-12,23H2,1H3,(H3,24,25)(H,26,28)(H,27,29)/t13-,18+/m0/s1. The molecule has 2 rings (SSSR count). The summed E-state index contributed by atoms with van der Waals surface area (Å²) < 4.78 is 13.6. The number of nitrogen functional groups attached to an aromatic ring is 1. The molecule has 29 heavy (non-hydrogen) atoms. The summed E-state index contributed by atoms with van der Waals surface area (Å²) in [7, 11) is 0. The Morgan fingerprint density at radius 1 is 1.10 bits per heavy atom. The molecular weight excluding hydrogens is 373 g/mol. The summed E-state index contributed by atoms with van der Waals surface area (Å²) in [4.78, 5) is 24.4. The molecule has 0 saturated heterocycles. The second kappa shape index (κ2) is 10.3.